The van der Waals surface area contributed by atoms with Crippen LogP contribution in [-0.2, 0) is 4.79 Å². The van der Waals surface area contributed by atoms with Crippen LogP contribution >= 0.6 is 0 Å². The Labute approximate surface area is 176 Å². The van der Waals surface area contributed by atoms with Crippen LogP contribution in [0.25, 0.3) is 0 Å². The van der Waals surface area contributed by atoms with Crippen LogP contribution in [0.2, 0.25) is 0 Å². The highest BCUT2D eigenvalue weighted by molar-refractivity contribution is 5.76. The van der Waals surface area contributed by atoms with E-state index in [9.17, 15) is 4.79 Å². The van der Waals surface area contributed by atoms with Crippen molar-refractivity contribution in [2.24, 2.45) is 0 Å². The van der Waals surface area contributed by atoms with Gasteiger partial charge in [-0.15, -0.1) is 0 Å². The van der Waals surface area contributed by atoms with Gasteiger partial charge in [0.25, 0.3) is 0 Å². The third kappa shape index (κ3) is 14.4. The largest absolute Gasteiger partial charge is 0.340 e. The Morgan fingerprint density at radius 2 is 0.929 bits per heavy atom. The number of amides is 1. The first-order chi connectivity index (χ1) is 13.7. The maximum atomic E-state index is 12.2. The first-order valence-electron chi connectivity index (χ1n) is 12.7. The number of rotatable bonds is 18. The van der Waals surface area contributed by atoms with Crippen LogP contribution in [0.5, 0.6) is 0 Å². The van der Waals surface area contributed by atoms with Gasteiger partial charge in [0.1, 0.15) is 0 Å². The highest BCUT2D eigenvalue weighted by Crippen LogP contribution is 2.14. The van der Waals surface area contributed by atoms with Crippen LogP contribution in [-0.4, -0.2) is 48.9 Å². The molecule has 1 fully saturated rings. The van der Waals surface area contributed by atoms with Gasteiger partial charge in [-0.05, 0) is 13.5 Å². The minimum absolute atomic E-state index is 0.383. The molecule has 1 heterocycles. The summed E-state index contributed by atoms with van der Waals surface area (Å²) < 4.78 is 0. The minimum Gasteiger partial charge on any atom is -0.340 e. The average molecular weight is 395 g/mol. The van der Waals surface area contributed by atoms with Gasteiger partial charge in [0.15, 0.2) is 0 Å². The highest BCUT2D eigenvalue weighted by Gasteiger charge is 2.18. The number of carbonyl (C=O) groups excluding carboxylic acids is 1. The second-order valence-electron chi connectivity index (χ2n) is 9.09. The molecule has 3 heteroatoms. The van der Waals surface area contributed by atoms with Crippen molar-refractivity contribution < 1.29 is 4.79 Å². The topological polar surface area (TPSA) is 23.6 Å². The van der Waals surface area contributed by atoms with E-state index < -0.39 is 0 Å². The molecule has 1 saturated heterocycles. The van der Waals surface area contributed by atoms with Crippen molar-refractivity contribution in [3.05, 3.63) is 0 Å². The molecule has 0 bridgehead atoms. The maximum absolute atomic E-state index is 12.2. The molecule has 0 aromatic heterocycles. The second-order valence-corrected chi connectivity index (χ2v) is 9.09. The van der Waals surface area contributed by atoms with Gasteiger partial charge in [0, 0.05) is 32.6 Å². The summed E-state index contributed by atoms with van der Waals surface area (Å²) in [4.78, 5) is 16.5. The number of unbranched alkanes of at least 4 members (excludes halogenated alkanes) is 16. The summed E-state index contributed by atoms with van der Waals surface area (Å²) in [6.45, 7) is 6.21. The fraction of sp³-hybridized carbons (Fsp3) is 0.960. The summed E-state index contributed by atoms with van der Waals surface area (Å²) in [5.74, 6) is 0.383. The van der Waals surface area contributed by atoms with Gasteiger partial charge in [-0.25, -0.2) is 0 Å². The van der Waals surface area contributed by atoms with Gasteiger partial charge in [0.2, 0.25) is 5.91 Å². The van der Waals surface area contributed by atoms with Gasteiger partial charge in [0.05, 0.1) is 0 Å². The zero-order valence-corrected chi connectivity index (χ0v) is 19.4. The fourth-order valence-electron chi connectivity index (χ4n) is 4.22. The van der Waals surface area contributed by atoms with E-state index in [1.54, 1.807) is 0 Å². The van der Waals surface area contributed by atoms with E-state index in [4.69, 9.17) is 0 Å². The van der Waals surface area contributed by atoms with Crippen molar-refractivity contribution in [2.75, 3.05) is 33.2 Å². The summed E-state index contributed by atoms with van der Waals surface area (Å²) >= 11 is 0. The molecule has 28 heavy (non-hydrogen) atoms. The molecule has 0 aliphatic carbocycles. The number of piperazine rings is 1. The zero-order valence-electron chi connectivity index (χ0n) is 19.4. The Morgan fingerprint density at radius 3 is 1.32 bits per heavy atom. The average Bonchev–Trinajstić information content (AvgIpc) is 2.70. The van der Waals surface area contributed by atoms with Gasteiger partial charge in [-0.3, -0.25) is 4.79 Å². The van der Waals surface area contributed by atoms with Crippen molar-refractivity contribution in [3.63, 3.8) is 0 Å². The lowest BCUT2D eigenvalue weighted by Crippen LogP contribution is -2.47. The van der Waals surface area contributed by atoms with Crippen molar-refractivity contribution in [1.82, 2.24) is 9.80 Å². The molecule has 0 aromatic rings. The number of hydrogen-bond acceptors (Lipinski definition) is 2. The van der Waals surface area contributed by atoms with E-state index in [1.807, 2.05) is 0 Å². The lowest BCUT2D eigenvalue weighted by atomic mass is 10.0. The van der Waals surface area contributed by atoms with Crippen LogP contribution in [0.3, 0.4) is 0 Å². The molecule has 0 saturated carbocycles. The summed E-state index contributed by atoms with van der Waals surface area (Å²) in [6, 6.07) is 0. The van der Waals surface area contributed by atoms with Crippen LogP contribution in [0.4, 0.5) is 0 Å². The van der Waals surface area contributed by atoms with E-state index in [-0.39, 0.29) is 0 Å². The van der Waals surface area contributed by atoms with Crippen molar-refractivity contribution in [2.45, 2.75) is 122 Å². The lowest BCUT2D eigenvalue weighted by Gasteiger charge is -2.32. The number of nitrogens with zero attached hydrogens (tertiary/aromatic N) is 2. The summed E-state index contributed by atoms with van der Waals surface area (Å²) in [6.07, 6.45) is 24.4. The normalized spacial score (nSPS) is 15.3. The van der Waals surface area contributed by atoms with Crippen LogP contribution in [0, 0.1) is 0 Å². The van der Waals surface area contributed by atoms with Gasteiger partial charge < -0.3 is 9.80 Å². The van der Waals surface area contributed by atoms with Crippen LogP contribution < -0.4 is 0 Å². The predicted octanol–water partition coefficient (Wildman–Crippen LogP) is 6.80. The monoisotopic (exact) mass is 394 g/mol. The third-order valence-corrected chi connectivity index (χ3v) is 6.35. The Balaban J connectivity index is 1.73. The van der Waals surface area contributed by atoms with Gasteiger partial charge >= 0.3 is 0 Å². The van der Waals surface area contributed by atoms with Crippen molar-refractivity contribution >= 4 is 5.91 Å². The van der Waals surface area contributed by atoms with Crippen molar-refractivity contribution in [3.8, 4) is 0 Å². The van der Waals surface area contributed by atoms with Crippen LogP contribution in [0.1, 0.15) is 122 Å². The second kappa shape index (κ2) is 18.5. The number of carbonyl (C=O) groups is 1. The fourth-order valence-corrected chi connectivity index (χ4v) is 4.22. The Morgan fingerprint density at radius 1 is 0.571 bits per heavy atom. The van der Waals surface area contributed by atoms with E-state index in [0.717, 1.165) is 39.0 Å². The molecular weight excluding hydrogens is 344 g/mol. The molecule has 0 aromatic carbocycles. The van der Waals surface area contributed by atoms with Crippen LogP contribution in [0.15, 0.2) is 0 Å². The first kappa shape index (κ1) is 25.5. The standard InChI is InChI=1S/C25H50N2O/c1-3-4-5-6-7-8-9-10-11-12-13-14-15-16-17-18-19-20-25(28)27-23-21-26(2)22-24-27/h3-24H2,1-2H3. The SMILES string of the molecule is CCCCCCCCCCCCCCCCCCCC(=O)N1CCN(C)CC1. The summed E-state index contributed by atoms with van der Waals surface area (Å²) in [5.41, 5.74) is 0. The molecule has 166 valence electrons. The predicted molar refractivity (Wildman–Crippen MR) is 123 cm³/mol. The molecule has 1 aliphatic rings. The molecular formula is C25H50N2O. The smallest absolute Gasteiger partial charge is 0.222 e. The number of likely N-dealkylation sites (N-methyl/N-ethyl adjacent to an activating group) is 1. The molecule has 0 N–H and O–H groups in total. The Bertz CT molecular complexity index is 350. The molecule has 0 radical (unpaired) electrons. The molecule has 0 unspecified atom stereocenters. The van der Waals surface area contributed by atoms with Gasteiger partial charge in [-0.1, -0.05) is 110 Å². The molecule has 1 aliphatic heterocycles. The zero-order chi connectivity index (χ0) is 20.3. The molecule has 1 rings (SSSR count). The molecule has 0 atom stereocenters. The molecule has 1 amide bonds. The Hall–Kier alpha value is -0.570. The number of hydrogen-bond donors (Lipinski definition) is 0. The quantitative estimate of drug-likeness (QED) is 0.239. The van der Waals surface area contributed by atoms with Crippen molar-refractivity contribution in [1.29, 1.82) is 0 Å². The van der Waals surface area contributed by atoms with Gasteiger partial charge in [-0.2, -0.15) is 0 Å². The lowest BCUT2D eigenvalue weighted by molar-refractivity contribution is -0.132. The van der Waals surface area contributed by atoms with E-state index >= 15 is 0 Å². The maximum Gasteiger partial charge on any atom is 0.222 e. The minimum atomic E-state index is 0.383. The summed E-state index contributed by atoms with van der Waals surface area (Å²) in [7, 11) is 2.14. The molecule has 0 spiro atoms. The van der Waals surface area contributed by atoms with E-state index in [2.05, 4.69) is 23.8 Å². The third-order valence-electron chi connectivity index (χ3n) is 6.35. The van der Waals surface area contributed by atoms with E-state index in [0.29, 0.717) is 5.91 Å². The summed E-state index contributed by atoms with van der Waals surface area (Å²) in [5, 5.41) is 0. The van der Waals surface area contributed by atoms with E-state index in [1.165, 1.54) is 103 Å². The molecule has 3 nitrogen and oxygen atoms in total. The highest BCUT2D eigenvalue weighted by atomic mass is 16.2. The first-order valence-corrected chi connectivity index (χ1v) is 12.7. The Kier molecular flexibility index (Phi) is 16.8.